The number of nitrogens with zero attached hydrogens (tertiary/aromatic N) is 1. The number of amides is 1. The molecule has 2 N–H and O–H groups in total. The Morgan fingerprint density at radius 3 is 2.73 bits per heavy atom. The lowest BCUT2D eigenvalue weighted by Crippen LogP contribution is -2.43. The summed E-state index contributed by atoms with van der Waals surface area (Å²) in [5.74, 6) is -1.56. The van der Waals surface area contributed by atoms with E-state index in [2.05, 4.69) is 10.6 Å². The molecule has 1 aliphatic rings. The zero-order valence-corrected chi connectivity index (χ0v) is 14.1. The first-order valence-electron chi connectivity index (χ1n) is 8.13. The number of ether oxygens (including phenoxy) is 1. The van der Waals surface area contributed by atoms with Gasteiger partial charge in [-0.25, -0.2) is 0 Å². The monoisotopic (exact) mass is 375 g/mol. The predicted molar refractivity (Wildman–Crippen MR) is 88.1 cm³/mol. The number of methoxy groups -OCH3 is 1. The normalized spacial score (nSPS) is 20.3. The van der Waals surface area contributed by atoms with Crippen molar-refractivity contribution in [2.45, 2.75) is 37.9 Å². The van der Waals surface area contributed by atoms with Crippen molar-refractivity contribution in [1.29, 1.82) is 0 Å². The lowest BCUT2D eigenvalue weighted by Gasteiger charge is -2.31. The van der Waals surface area contributed by atoms with Crippen LogP contribution < -0.4 is 15.4 Å². The molecular weight excluding hydrogens is 355 g/mol. The number of benzene rings is 1. The van der Waals surface area contributed by atoms with Crippen molar-refractivity contribution in [3.05, 3.63) is 28.3 Å². The molecule has 0 spiro atoms. The van der Waals surface area contributed by atoms with Crippen molar-refractivity contribution < 1.29 is 27.6 Å². The number of alkyl halides is 3. The van der Waals surface area contributed by atoms with E-state index < -0.39 is 29.0 Å². The summed E-state index contributed by atoms with van der Waals surface area (Å²) in [6.45, 7) is -0.231. The standard InChI is InChI=1S/C16H20F3N3O4/c1-26-14-6-5-12(22(24)25)8-13(14)20-9-15(23)21-11-4-2-3-10(7-11)16(17,18)19/h5-6,8,10-11,20H,2-4,7,9H2,1H3,(H,21,23)/t10-,11-/m1/s1. The van der Waals surface area contributed by atoms with Crippen LogP contribution in [0.5, 0.6) is 5.75 Å². The highest BCUT2D eigenvalue weighted by molar-refractivity contribution is 5.81. The molecule has 2 atom stereocenters. The molecule has 0 unspecified atom stereocenters. The van der Waals surface area contributed by atoms with Crippen molar-refractivity contribution in [1.82, 2.24) is 5.32 Å². The van der Waals surface area contributed by atoms with E-state index in [1.807, 2.05) is 0 Å². The second-order valence-electron chi connectivity index (χ2n) is 6.16. The molecular formula is C16H20F3N3O4. The SMILES string of the molecule is COc1ccc([N+](=O)[O-])cc1NCC(=O)N[C@@H]1CCC[C@@H](C(F)(F)F)C1. The fourth-order valence-corrected chi connectivity index (χ4v) is 3.02. The van der Waals surface area contributed by atoms with Crippen molar-refractivity contribution in [3.8, 4) is 5.75 Å². The van der Waals surface area contributed by atoms with E-state index in [-0.39, 0.29) is 30.8 Å². The average Bonchev–Trinajstić information content (AvgIpc) is 2.59. The topological polar surface area (TPSA) is 93.5 Å². The molecule has 0 aromatic heterocycles. The minimum Gasteiger partial charge on any atom is -0.495 e. The van der Waals surface area contributed by atoms with Gasteiger partial charge in [0.1, 0.15) is 5.75 Å². The molecule has 0 bridgehead atoms. The van der Waals surface area contributed by atoms with Crippen LogP contribution in [0.25, 0.3) is 0 Å². The van der Waals surface area contributed by atoms with E-state index in [9.17, 15) is 28.1 Å². The summed E-state index contributed by atoms with van der Waals surface area (Å²) >= 11 is 0. The number of rotatable bonds is 6. The number of carbonyl (C=O) groups is 1. The zero-order chi connectivity index (χ0) is 19.3. The Bertz CT molecular complexity index is 667. The molecule has 26 heavy (non-hydrogen) atoms. The third-order valence-electron chi connectivity index (χ3n) is 4.34. The Kier molecular flexibility index (Phi) is 6.27. The third-order valence-corrected chi connectivity index (χ3v) is 4.34. The Morgan fingerprint density at radius 2 is 2.12 bits per heavy atom. The van der Waals surface area contributed by atoms with Crippen LogP contribution in [0.4, 0.5) is 24.5 Å². The number of nitro groups is 1. The fraction of sp³-hybridized carbons (Fsp3) is 0.562. The maximum absolute atomic E-state index is 12.8. The van der Waals surface area contributed by atoms with Crippen LogP contribution >= 0.6 is 0 Å². The van der Waals surface area contributed by atoms with Gasteiger partial charge in [0.25, 0.3) is 5.69 Å². The summed E-state index contributed by atoms with van der Waals surface area (Å²) in [6, 6.07) is 3.36. The van der Waals surface area contributed by atoms with Gasteiger partial charge in [-0.15, -0.1) is 0 Å². The van der Waals surface area contributed by atoms with Crippen LogP contribution in [0.15, 0.2) is 18.2 Å². The molecule has 7 nitrogen and oxygen atoms in total. The molecule has 10 heteroatoms. The van der Waals surface area contributed by atoms with E-state index in [1.54, 1.807) is 0 Å². The summed E-state index contributed by atoms with van der Waals surface area (Å²) in [7, 11) is 1.38. The number of hydrogen-bond donors (Lipinski definition) is 2. The van der Waals surface area contributed by atoms with E-state index in [1.165, 1.54) is 25.3 Å². The molecule has 1 fully saturated rings. The second kappa shape index (κ2) is 8.24. The minimum absolute atomic E-state index is 0.0823. The number of nitrogens with one attached hydrogen (secondary N) is 2. The smallest absolute Gasteiger partial charge is 0.391 e. The molecule has 0 aliphatic heterocycles. The molecule has 1 aliphatic carbocycles. The van der Waals surface area contributed by atoms with Gasteiger partial charge in [0.15, 0.2) is 0 Å². The maximum Gasteiger partial charge on any atom is 0.391 e. The van der Waals surface area contributed by atoms with E-state index in [4.69, 9.17) is 4.74 Å². The summed E-state index contributed by atoms with van der Waals surface area (Å²) in [4.78, 5) is 22.3. The van der Waals surface area contributed by atoms with Crippen LogP contribution in [-0.2, 0) is 4.79 Å². The number of carbonyl (C=O) groups excluding carboxylic acids is 1. The molecule has 2 rings (SSSR count). The van der Waals surface area contributed by atoms with Gasteiger partial charge in [-0.05, 0) is 25.3 Å². The average molecular weight is 375 g/mol. The molecule has 1 saturated carbocycles. The van der Waals surface area contributed by atoms with Crippen LogP contribution in [0.2, 0.25) is 0 Å². The number of non-ortho nitro benzene ring substituents is 1. The quantitative estimate of drug-likeness (QED) is 0.588. The molecule has 1 aromatic carbocycles. The summed E-state index contributed by atoms with van der Waals surface area (Å²) in [5.41, 5.74) is 0.0858. The lowest BCUT2D eigenvalue weighted by atomic mass is 9.85. The summed E-state index contributed by atoms with van der Waals surface area (Å²) < 4.78 is 43.5. The summed E-state index contributed by atoms with van der Waals surface area (Å²) in [6.07, 6.45) is -3.40. The highest BCUT2D eigenvalue weighted by Crippen LogP contribution is 2.37. The van der Waals surface area contributed by atoms with Crippen molar-refractivity contribution in [2.24, 2.45) is 5.92 Å². The molecule has 1 aromatic rings. The van der Waals surface area contributed by atoms with Gasteiger partial charge in [-0.3, -0.25) is 14.9 Å². The lowest BCUT2D eigenvalue weighted by molar-refractivity contribution is -0.384. The van der Waals surface area contributed by atoms with Gasteiger partial charge in [-0.2, -0.15) is 13.2 Å². The number of nitro benzene ring substituents is 1. The molecule has 1 amide bonds. The van der Waals surface area contributed by atoms with Gasteiger partial charge >= 0.3 is 6.18 Å². The van der Waals surface area contributed by atoms with Crippen molar-refractivity contribution in [2.75, 3.05) is 19.0 Å². The summed E-state index contributed by atoms with van der Waals surface area (Å²) in [5, 5.41) is 16.1. The second-order valence-corrected chi connectivity index (χ2v) is 6.16. The van der Waals surface area contributed by atoms with Crippen LogP contribution in [0.1, 0.15) is 25.7 Å². The largest absolute Gasteiger partial charge is 0.495 e. The Hall–Kier alpha value is -2.52. The Balaban J connectivity index is 1.92. The molecule has 0 saturated heterocycles. The van der Waals surface area contributed by atoms with E-state index >= 15 is 0 Å². The minimum atomic E-state index is -4.25. The van der Waals surface area contributed by atoms with Gasteiger partial charge in [0.05, 0.1) is 30.2 Å². The van der Waals surface area contributed by atoms with Gasteiger partial charge in [-0.1, -0.05) is 6.42 Å². The first-order valence-corrected chi connectivity index (χ1v) is 8.13. The Morgan fingerprint density at radius 1 is 1.38 bits per heavy atom. The van der Waals surface area contributed by atoms with Crippen LogP contribution in [0.3, 0.4) is 0 Å². The number of anilines is 1. The van der Waals surface area contributed by atoms with E-state index in [0.29, 0.717) is 18.6 Å². The number of halogens is 3. The first kappa shape index (κ1) is 19.8. The molecule has 0 heterocycles. The van der Waals surface area contributed by atoms with Crippen LogP contribution in [-0.4, -0.2) is 36.7 Å². The van der Waals surface area contributed by atoms with Crippen molar-refractivity contribution >= 4 is 17.3 Å². The van der Waals surface area contributed by atoms with Crippen molar-refractivity contribution in [3.63, 3.8) is 0 Å². The first-order chi connectivity index (χ1) is 12.2. The Labute approximate surface area is 148 Å². The number of hydrogen-bond acceptors (Lipinski definition) is 5. The highest BCUT2D eigenvalue weighted by atomic mass is 19.4. The molecule has 0 radical (unpaired) electrons. The zero-order valence-electron chi connectivity index (χ0n) is 14.1. The highest BCUT2D eigenvalue weighted by Gasteiger charge is 2.42. The molecule has 144 valence electrons. The third kappa shape index (κ3) is 5.24. The fourth-order valence-electron chi connectivity index (χ4n) is 3.02. The van der Waals surface area contributed by atoms with Gasteiger partial charge in [0.2, 0.25) is 5.91 Å². The van der Waals surface area contributed by atoms with Crippen LogP contribution in [0, 0.1) is 16.0 Å². The van der Waals surface area contributed by atoms with E-state index in [0.717, 1.165) is 0 Å². The maximum atomic E-state index is 12.8. The van der Waals surface area contributed by atoms with Gasteiger partial charge < -0.3 is 15.4 Å². The predicted octanol–water partition coefficient (Wildman–Crippen LogP) is 3.25. The van der Waals surface area contributed by atoms with Gasteiger partial charge in [0, 0.05) is 18.2 Å².